The molecule has 0 radical (unpaired) electrons. The van der Waals surface area contributed by atoms with E-state index in [1.165, 1.54) is 100 Å². The fraction of sp³-hybridized carbons (Fsp3) is 0.928. The van der Waals surface area contributed by atoms with E-state index < -0.39 is 299 Å². The van der Waals surface area contributed by atoms with Crippen LogP contribution in [0.1, 0.15) is 232 Å². The van der Waals surface area contributed by atoms with Gasteiger partial charge in [-0.25, -0.2) is 24.0 Å². The average molecular weight is 1560 g/mol. The smallest absolute Gasteiger partial charge is 0.444 e. The second-order valence-electron chi connectivity index (χ2n) is 25.9. The molecule has 0 atom stereocenters. The van der Waals surface area contributed by atoms with E-state index in [4.69, 9.17) is 119 Å². The van der Waals surface area contributed by atoms with E-state index in [1.807, 2.05) is 19.6 Å². The number of rotatable bonds is 12. The first kappa shape index (κ1) is 39.1. The highest BCUT2D eigenvalue weighted by molar-refractivity contribution is 6.70. The number of likely N-dealkylation sites (tertiary alicyclic amines) is 1. The minimum atomic E-state index is -3.78. The number of halogens is 2. The highest BCUT2D eigenvalue weighted by Gasteiger charge is 2.29. The van der Waals surface area contributed by atoms with Gasteiger partial charge in [-0.15, -0.1) is 24.8 Å². The van der Waals surface area contributed by atoms with Crippen molar-refractivity contribution in [2.24, 2.45) is 0 Å². The number of piperazine rings is 4. The zero-order chi connectivity index (χ0) is 124. The fourth-order valence-electron chi connectivity index (χ4n) is 5.04. The van der Waals surface area contributed by atoms with Crippen molar-refractivity contribution in [3.05, 3.63) is 0 Å². The lowest BCUT2D eigenvalue weighted by atomic mass is 10.1. The van der Waals surface area contributed by atoms with Gasteiger partial charge in [0.1, 0.15) is 28.0 Å². The molecule has 7 heterocycles. The minimum absolute atomic E-state index is 0. The van der Waals surface area contributed by atoms with Crippen LogP contribution in [-0.2, 0) is 42.0 Å². The van der Waals surface area contributed by atoms with Crippen LogP contribution in [0.4, 0.5) is 24.0 Å². The topological polar surface area (TPSA) is 268 Å². The van der Waals surface area contributed by atoms with E-state index in [2.05, 4.69) is 4.74 Å². The third-order valence-corrected chi connectivity index (χ3v) is 10.3. The molecule has 0 bridgehead atoms. The third-order valence-electron chi connectivity index (χ3n) is 8.50. The molecule has 0 spiro atoms. The van der Waals surface area contributed by atoms with Crippen molar-refractivity contribution in [2.45, 2.75) is 222 Å². The van der Waals surface area contributed by atoms with Crippen LogP contribution in [-0.4, -0.2) is 315 Å². The first-order valence-electron chi connectivity index (χ1n) is 57.8. The maximum atomic E-state index is 12.6. The lowest BCUT2D eigenvalue weighted by Crippen LogP contribution is -2.50. The summed E-state index contributed by atoms with van der Waals surface area (Å²) in [6, 6.07) is 0. The van der Waals surface area contributed by atoms with Gasteiger partial charge < -0.3 is 82.9 Å². The largest absolute Gasteiger partial charge is 0.519 e. The molecule has 30 heteroatoms. The minimum Gasteiger partial charge on any atom is -0.444 e. The summed E-state index contributed by atoms with van der Waals surface area (Å²) in [5.41, 5.74) is -4.82. The van der Waals surface area contributed by atoms with Gasteiger partial charge in [0.25, 0.3) is 0 Å². The standard InChI is InChI=1S/2C14H30N2O3Si.C10H19NO2.C10H18O5.2C6H14N2O.C5H11N.C4H8O.2ClH/c2*1-14(2,3)19-13(17)16-9-7-15(8-10-16)11-12-18-20(4,5)6;1-10(2,3)13-9(12)11-7-5-4-6-8-11;1-9(2,3)14-7(11)13-8(12)15-10(4,5)6;2*9-6-5-8-3-1-7-2-4-8;1-2-4-6-5-3-1;1-2-4-5-3-1;;/h2*7-12H2,1-6H3;4-8H2,1-3H3;1-6H3;2*7,9H,1-6H2;6H,1-5H2;1-4H2;2*1H/i7D2,8D2,9D2,10D2,11D2,12D2;7D2,8D2,9D2,10D2;5D2,6D2,7D2,8D2;;1D2,2D2,3D2,4D2,5D2,6D2;1D2,2D2,3D2,4D2;2D2,3D2,4D2,5D2;;;. The molecule has 0 aromatic carbocycles. The number of carbonyl (C=O) groups excluding carboxylic acids is 5. The van der Waals surface area contributed by atoms with E-state index in [0.717, 1.165) is 13.2 Å². The fourth-order valence-corrected chi connectivity index (χ4v) is 6.09. The number of hydrogen-bond donors (Lipinski definition) is 5. The Kier molecular flexibility index (Phi) is 21.2. The summed E-state index contributed by atoms with van der Waals surface area (Å²) in [5.74, 6) is 0. The van der Waals surface area contributed by atoms with Crippen LogP contribution in [0.25, 0.3) is 0 Å². The number of nitrogens with one attached hydrogen (secondary N) is 3. The molecule has 590 valence electrons. The molecule has 7 aliphatic rings. The number of ether oxygens (including phenoxy) is 7. The maximum Gasteiger partial charge on any atom is 0.519 e. The van der Waals surface area contributed by atoms with Gasteiger partial charge in [0.2, 0.25) is 0 Å². The lowest BCUT2D eigenvalue weighted by Gasteiger charge is -2.35. The number of amides is 3. The Bertz CT molecular complexity index is 4450. The summed E-state index contributed by atoms with van der Waals surface area (Å²) >= 11 is 0. The Morgan fingerprint density at radius 1 is 0.424 bits per heavy atom. The molecule has 7 fully saturated rings. The van der Waals surface area contributed by atoms with Crippen molar-refractivity contribution in [1.82, 2.24) is 50.2 Å². The van der Waals surface area contributed by atoms with Crippen LogP contribution in [0.2, 0.25) is 39.3 Å². The monoisotopic (exact) mass is 1550 g/mol. The molecule has 0 aromatic heterocycles. The second-order valence-corrected chi connectivity index (χ2v) is 34.8. The van der Waals surface area contributed by atoms with Crippen LogP contribution in [0.15, 0.2) is 0 Å². The number of carbonyl (C=O) groups is 5. The molecule has 99 heavy (non-hydrogen) atoms. The van der Waals surface area contributed by atoms with Crippen molar-refractivity contribution in [3.63, 3.8) is 0 Å². The Morgan fingerprint density at radius 3 is 1.09 bits per heavy atom. The predicted octanol–water partition coefficient (Wildman–Crippen LogP) is 10.2. The van der Waals surface area contributed by atoms with Crippen molar-refractivity contribution in [3.8, 4) is 0 Å². The van der Waals surface area contributed by atoms with Crippen molar-refractivity contribution < 1.29 is 153 Å². The molecule has 3 amide bonds. The molecule has 0 aromatic rings. The Balaban J connectivity index is -0.00000175. The number of aliphatic hydroxyl groups excluding tert-OH is 1. The Labute approximate surface area is 693 Å². The summed E-state index contributed by atoms with van der Waals surface area (Å²) in [6.07, 6.45) is -16.4. The highest BCUT2D eigenvalue weighted by atomic mass is 35.5. The number of nitrogens with zero attached hydrogens (tertiary/aromatic N) is 7. The second kappa shape index (κ2) is 53.8. The Morgan fingerprint density at radius 2 is 0.758 bits per heavy atom. The number of piperidine rings is 2. The highest BCUT2D eigenvalue weighted by Crippen LogP contribution is 2.17. The van der Waals surface area contributed by atoms with Gasteiger partial charge in [0.05, 0.1) is 29.6 Å². The maximum absolute atomic E-state index is 12.6. The van der Waals surface area contributed by atoms with Gasteiger partial charge in [-0.3, -0.25) is 19.6 Å². The summed E-state index contributed by atoms with van der Waals surface area (Å²) in [5, 5.41) is 22.9. The predicted molar refractivity (Wildman–Crippen MR) is 406 cm³/mol. The third kappa shape index (κ3) is 64.4. The van der Waals surface area contributed by atoms with Gasteiger partial charge in [-0.1, -0.05) is 6.42 Å². The van der Waals surface area contributed by atoms with Gasteiger partial charge in [-0.05, 0) is 201 Å². The SMILES string of the molecule is C1CCOC1.CC(C)(C)OC(=O)OC(=O)OC(C)(C)C.Cl.Cl.[2H]C([2H])(O)C([2H])([2H])N1C([2H])([2H])C([2H])([2H])NC([2H])([2H])C1([2H])[2H].[2H]C([2H])(O[Si](C)(C)C)C([2H])([2H])N1C([2H])([2H])C([2H])([2H])N(C(=O)OC(C)(C)C)C([2H])([2H])C1([2H])[2H].[2H]C1([2H])CC([2H])([2H])C([2H])([2H])N(C(=O)OC(C)(C)C)C1([2H])[2H].[2H]C1([2H])CC([2H])([2H])C([2H])([2H])NC1([2H])[2H].[2H]C1([2H])N(CCO[Si](C)(C)C)C([2H])([2H])C([2H])([2H])N(C(=O)OC(C)(C)C)C1([2H])[2H].[2H]C1([2H])NC([2H])([2H])C([2H])([2H])N(CCO)C1([2H])[2H]. The average Bonchev–Trinajstić information content (AvgIpc) is 0.694. The summed E-state index contributed by atoms with van der Waals surface area (Å²) in [7, 11) is -4.85. The summed E-state index contributed by atoms with van der Waals surface area (Å²) in [4.78, 5) is 58.4. The number of hydrogen-bond acceptors (Lipinski definition) is 23. The molecule has 7 aliphatic heterocycles. The van der Waals surface area contributed by atoms with Crippen LogP contribution < -0.4 is 16.0 Å². The van der Waals surface area contributed by atoms with Crippen LogP contribution in [0, 0.1) is 0 Å². The van der Waals surface area contributed by atoms with E-state index in [0.29, 0.717) is 9.80 Å². The van der Waals surface area contributed by atoms with Gasteiger partial charge >= 0.3 is 30.6 Å². The normalized spacial score (nSPS) is 39.5. The molecule has 0 aliphatic carbocycles. The molecular formula is C69H146Cl2N10O16Si2. The molecule has 5 N–H and O–H groups in total. The zero-order valence-corrected chi connectivity index (χ0v) is 63.8. The summed E-state index contributed by atoms with van der Waals surface area (Å²) < 4.78 is 477. The molecular weight excluding hydrogens is 1350 g/mol. The quantitative estimate of drug-likeness (QED) is 0.0526. The van der Waals surface area contributed by atoms with Crippen LogP contribution in [0.3, 0.4) is 0 Å². The van der Waals surface area contributed by atoms with Crippen molar-refractivity contribution in [1.29, 1.82) is 0 Å². The van der Waals surface area contributed by atoms with E-state index in [9.17, 15) is 29.1 Å². The molecule has 7 rings (SSSR count). The van der Waals surface area contributed by atoms with Gasteiger partial charge in [0.15, 0.2) is 16.6 Å². The Hall–Kier alpha value is -2.92. The number of β-amino-alcohol motifs (C(OH)–C–C–N with tert-alkyl or cyclic N) is 2. The van der Waals surface area contributed by atoms with Crippen LogP contribution >= 0.6 is 24.8 Å². The zero-order valence-electron chi connectivity index (χ0n) is 116. The van der Waals surface area contributed by atoms with E-state index >= 15 is 0 Å². The van der Waals surface area contributed by atoms with Gasteiger partial charge in [0, 0.05) is 230 Å². The first-order valence-corrected chi connectivity index (χ1v) is 36.6. The van der Waals surface area contributed by atoms with Crippen LogP contribution in [0.5, 0.6) is 0 Å². The summed E-state index contributed by atoms with van der Waals surface area (Å²) in [6.45, 7) is -44.4. The molecule has 0 saturated carbocycles. The molecule has 7 saturated heterocycles. The van der Waals surface area contributed by atoms with Crippen molar-refractivity contribution in [2.75, 3.05) is 196 Å². The lowest BCUT2D eigenvalue weighted by molar-refractivity contribution is -0.0295. The molecule has 26 nitrogen and oxygen atoms in total. The van der Waals surface area contributed by atoms with Gasteiger partial charge in [-0.2, -0.15) is 0 Å². The molecule has 0 unspecified atom stereocenters. The first-order chi connectivity index (χ1) is 65.8. The van der Waals surface area contributed by atoms with E-state index in [1.54, 1.807) is 52.2 Å². The number of aliphatic hydroxyl groups is 2. The van der Waals surface area contributed by atoms with Crippen molar-refractivity contribution >= 4 is 72.0 Å². The van der Waals surface area contributed by atoms with E-state index in [-0.39, 0.29) is 46.1 Å².